The number of ether oxygens (including phenoxy) is 1. The largest absolute Gasteiger partial charge is 0.508 e. The molecule has 9 heteroatoms. The first kappa shape index (κ1) is 27.4. The van der Waals surface area contributed by atoms with E-state index in [1.807, 2.05) is 0 Å². The topological polar surface area (TPSA) is 128 Å². The highest BCUT2D eigenvalue weighted by molar-refractivity contribution is 5.92. The Morgan fingerprint density at radius 1 is 1.09 bits per heavy atom. The standard InChI is InChI=1S/C25H39N3O6/c1-16(2)28(23(32)20(15-29)27-24(33)34-25(3,4)5)21(17-11-13-19(30)14-12-17)22(31)26-18-9-7-6-8-10-18/h11-14,16,18,20-21,29-30H,6-10,15H2,1-5H3,(H,26,31)(H,27,33). The summed E-state index contributed by atoms with van der Waals surface area (Å²) in [5.41, 5.74) is -0.263. The molecule has 2 unspecified atom stereocenters. The molecule has 1 aliphatic carbocycles. The van der Waals surface area contributed by atoms with Gasteiger partial charge in [0.2, 0.25) is 11.8 Å². The zero-order valence-electron chi connectivity index (χ0n) is 20.8. The number of aromatic hydroxyl groups is 1. The van der Waals surface area contributed by atoms with Crippen molar-refractivity contribution < 1.29 is 29.3 Å². The average Bonchev–Trinajstić information content (AvgIpc) is 2.75. The number of carbonyl (C=O) groups is 3. The minimum atomic E-state index is -1.29. The molecule has 34 heavy (non-hydrogen) atoms. The molecule has 0 aliphatic heterocycles. The Labute approximate surface area is 201 Å². The molecule has 0 radical (unpaired) electrons. The van der Waals surface area contributed by atoms with Crippen molar-refractivity contribution in [3.8, 4) is 5.75 Å². The van der Waals surface area contributed by atoms with E-state index in [1.165, 1.54) is 17.0 Å². The molecular weight excluding hydrogens is 438 g/mol. The number of nitrogens with one attached hydrogen (secondary N) is 2. The third-order valence-corrected chi connectivity index (χ3v) is 5.67. The molecule has 0 saturated heterocycles. The highest BCUT2D eigenvalue weighted by Gasteiger charge is 2.38. The van der Waals surface area contributed by atoms with E-state index >= 15 is 0 Å². The summed E-state index contributed by atoms with van der Waals surface area (Å²) in [6.07, 6.45) is 4.13. The maximum absolute atomic E-state index is 13.6. The lowest BCUT2D eigenvalue weighted by Crippen LogP contribution is -2.56. The quantitative estimate of drug-likeness (QED) is 0.456. The Kier molecular flexibility index (Phi) is 9.73. The van der Waals surface area contributed by atoms with Crippen molar-refractivity contribution in [3.05, 3.63) is 29.8 Å². The minimum absolute atomic E-state index is 0.0264. The van der Waals surface area contributed by atoms with Gasteiger partial charge in [-0.1, -0.05) is 31.4 Å². The molecule has 190 valence electrons. The second-order valence-electron chi connectivity index (χ2n) is 10.1. The van der Waals surface area contributed by atoms with Crippen molar-refractivity contribution in [1.82, 2.24) is 15.5 Å². The number of phenolic OH excluding ortho intramolecular Hbond substituents is 1. The Morgan fingerprint density at radius 2 is 1.68 bits per heavy atom. The molecule has 9 nitrogen and oxygen atoms in total. The van der Waals surface area contributed by atoms with Crippen molar-refractivity contribution in [2.24, 2.45) is 0 Å². The van der Waals surface area contributed by atoms with Crippen LogP contribution in [0.2, 0.25) is 0 Å². The number of alkyl carbamates (subject to hydrolysis) is 1. The van der Waals surface area contributed by atoms with Gasteiger partial charge in [-0.25, -0.2) is 4.79 Å². The van der Waals surface area contributed by atoms with E-state index in [4.69, 9.17) is 4.74 Å². The summed E-state index contributed by atoms with van der Waals surface area (Å²) >= 11 is 0. The van der Waals surface area contributed by atoms with Crippen LogP contribution < -0.4 is 10.6 Å². The van der Waals surface area contributed by atoms with Crippen molar-refractivity contribution in [2.75, 3.05) is 6.61 Å². The number of hydrogen-bond donors (Lipinski definition) is 4. The van der Waals surface area contributed by atoms with Gasteiger partial charge in [0.25, 0.3) is 0 Å². The van der Waals surface area contributed by atoms with Gasteiger partial charge in [0.15, 0.2) is 0 Å². The maximum Gasteiger partial charge on any atom is 0.408 e. The van der Waals surface area contributed by atoms with Crippen LogP contribution in [-0.4, -0.2) is 63.4 Å². The van der Waals surface area contributed by atoms with Gasteiger partial charge in [-0.2, -0.15) is 0 Å². The zero-order valence-corrected chi connectivity index (χ0v) is 20.8. The molecule has 2 atom stereocenters. The summed E-state index contributed by atoms with van der Waals surface area (Å²) in [7, 11) is 0. The maximum atomic E-state index is 13.6. The van der Waals surface area contributed by atoms with E-state index in [-0.39, 0.29) is 17.7 Å². The van der Waals surface area contributed by atoms with Crippen LogP contribution in [-0.2, 0) is 14.3 Å². The summed E-state index contributed by atoms with van der Waals surface area (Å²) in [6.45, 7) is 7.95. The molecule has 0 spiro atoms. The summed E-state index contributed by atoms with van der Waals surface area (Å²) in [5, 5.41) is 25.2. The fraction of sp³-hybridized carbons (Fsp3) is 0.640. The second-order valence-corrected chi connectivity index (χ2v) is 10.1. The van der Waals surface area contributed by atoms with Crippen molar-refractivity contribution in [2.45, 2.75) is 96.5 Å². The molecule has 0 aromatic heterocycles. The van der Waals surface area contributed by atoms with Crippen LogP contribution in [0, 0.1) is 0 Å². The van der Waals surface area contributed by atoms with Gasteiger partial charge < -0.3 is 30.5 Å². The van der Waals surface area contributed by atoms with E-state index in [0.717, 1.165) is 32.1 Å². The van der Waals surface area contributed by atoms with Gasteiger partial charge in [0.05, 0.1) is 6.61 Å². The molecule has 0 heterocycles. The van der Waals surface area contributed by atoms with E-state index in [0.29, 0.717) is 5.56 Å². The normalized spacial score (nSPS) is 16.4. The van der Waals surface area contributed by atoms with Crippen LogP contribution in [0.15, 0.2) is 24.3 Å². The highest BCUT2D eigenvalue weighted by Crippen LogP contribution is 2.28. The van der Waals surface area contributed by atoms with Crippen LogP contribution >= 0.6 is 0 Å². The monoisotopic (exact) mass is 477 g/mol. The number of phenols is 1. The fourth-order valence-corrected chi connectivity index (χ4v) is 4.12. The number of aliphatic hydroxyl groups is 1. The lowest BCUT2D eigenvalue weighted by molar-refractivity contribution is -0.145. The average molecular weight is 478 g/mol. The van der Waals surface area contributed by atoms with Gasteiger partial charge in [0, 0.05) is 12.1 Å². The first-order valence-electron chi connectivity index (χ1n) is 11.9. The molecule has 2 rings (SSSR count). The number of nitrogens with zero attached hydrogens (tertiary/aromatic N) is 1. The SMILES string of the molecule is CC(C)N(C(=O)C(CO)NC(=O)OC(C)(C)C)C(C(=O)NC1CCCCC1)c1ccc(O)cc1. The molecule has 3 amide bonds. The van der Waals surface area contributed by atoms with Gasteiger partial charge >= 0.3 is 6.09 Å². The third-order valence-electron chi connectivity index (χ3n) is 5.67. The summed E-state index contributed by atoms with van der Waals surface area (Å²) < 4.78 is 5.23. The van der Waals surface area contributed by atoms with E-state index in [9.17, 15) is 24.6 Å². The van der Waals surface area contributed by atoms with Gasteiger partial charge in [0.1, 0.15) is 23.4 Å². The first-order chi connectivity index (χ1) is 15.9. The smallest absolute Gasteiger partial charge is 0.408 e. The molecule has 0 bridgehead atoms. The molecule has 4 N–H and O–H groups in total. The second kappa shape index (κ2) is 12.1. The van der Waals surface area contributed by atoms with Gasteiger partial charge in [-0.05, 0) is 65.2 Å². The fourth-order valence-electron chi connectivity index (χ4n) is 4.12. The highest BCUT2D eigenvalue weighted by atomic mass is 16.6. The Bertz CT molecular complexity index is 828. The molecular formula is C25H39N3O6. The molecule has 1 aliphatic rings. The van der Waals surface area contributed by atoms with Crippen LogP contribution in [0.5, 0.6) is 5.75 Å². The van der Waals surface area contributed by atoms with E-state index in [2.05, 4.69) is 10.6 Å². The molecule has 1 aromatic rings. The van der Waals surface area contributed by atoms with Crippen LogP contribution in [0.1, 0.15) is 78.3 Å². The summed E-state index contributed by atoms with van der Waals surface area (Å²) in [5.74, 6) is -0.911. The Balaban J connectivity index is 2.35. The summed E-state index contributed by atoms with van der Waals surface area (Å²) in [4.78, 5) is 40.7. The predicted molar refractivity (Wildman–Crippen MR) is 128 cm³/mol. The van der Waals surface area contributed by atoms with E-state index in [1.54, 1.807) is 46.8 Å². The number of hydrogen-bond acceptors (Lipinski definition) is 6. The predicted octanol–water partition coefficient (Wildman–Crippen LogP) is 3.00. The Hall–Kier alpha value is -2.81. The zero-order chi connectivity index (χ0) is 25.5. The lowest BCUT2D eigenvalue weighted by Gasteiger charge is -2.37. The number of rotatable bonds is 8. The van der Waals surface area contributed by atoms with Crippen LogP contribution in [0.3, 0.4) is 0 Å². The van der Waals surface area contributed by atoms with Crippen LogP contribution in [0.4, 0.5) is 4.79 Å². The molecule has 1 saturated carbocycles. The van der Waals surface area contributed by atoms with Crippen molar-refractivity contribution in [3.63, 3.8) is 0 Å². The van der Waals surface area contributed by atoms with Crippen molar-refractivity contribution >= 4 is 17.9 Å². The van der Waals surface area contributed by atoms with Crippen LogP contribution in [0.25, 0.3) is 0 Å². The van der Waals surface area contributed by atoms with Gasteiger partial charge in [-0.3, -0.25) is 9.59 Å². The lowest BCUT2D eigenvalue weighted by atomic mass is 9.94. The Morgan fingerprint density at radius 3 is 2.18 bits per heavy atom. The number of aliphatic hydroxyl groups excluding tert-OH is 1. The number of benzene rings is 1. The number of carbonyl (C=O) groups excluding carboxylic acids is 3. The minimum Gasteiger partial charge on any atom is -0.508 e. The third kappa shape index (κ3) is 7.90. The number of amides is 3. The summed E-state index contributed by atoms with van der Waals surface area (Å²) in [6, 6.07) is 3.40. The van der Waals surface area contributed by atoms with E-state index < -0.39 is 42.3 Å². The van der Waals surface area contributed by atoms with Gasteiger partial charge in [-0.15, -0.1) is 0 Å². The van der Waals surface area contributed by atoms with Crippen molar-refractivity contribution in [1.29, 1.82) is 0 Å². The first-order valence-corrected chi connectivity index (χ1v) is 11.9. The molecule has 1 fully saturated rings. The molecule has 1 aromatic carbocycles.